The van der Waals surface area contributed by atoms with Crippen LogP contribution in [-0.4, -0.2) is 46.7 Å². The molecule has 1 aromatic rings. The van der Waals surface area contributed by atoms with E-state index in [4.69, 9.17) is 9.47 Å². The van der Waals surface area contributed by atoms with Crippen LogP contribution in [0, 0.1) is 5.92 Å². The standard InChI is InChI=1S/C21H27NO6/c1-14(23)17(19(25)28-21(2,3)4)18(24)16-11-8-12-22(16)20(26)27-13-15-9-6-5-7-10-15/h5-7,9-10,16-17H,8,11-13H2,1-4H3/t16-,17?/m1/s1. The first-order chi connectivity index (χ1) is 13.1. The van der Waals surface area contributed by atoms with Crippen molar-refractivity contribution in [3.05, 3.63) is 35.9 Å². The van der Waals surface area contributed by atoms with Gasteiger partial charge in [0.05, 0.1) is 6.04 Å². The molecule has 7 nitrogen and oxygen atoms in total. The number of likely N-dealkylation sites (tertiary alicyclic amines) is 1. The lowest BCUT2D eigenvalue weighted by Crippen LogP contribution is -2.47. The summed E-state index contributed by atoms with van der Waals surface area (Å²) in [6, 6.07) is 8.32. The highest BCUT2D eigenvalue weighted by atomic mass is 16.6. The van der Waals surface area contributed by atoms with E-state index in [2.05, 4.69) is 0 Å². The number of ether oxygens (including phenoxy) is 2. The van der Waals surface area contributed by atoms with Gasteiger partial charge in [-0.1, -0.05) is 30.3 Å². The van der Waals surface area contributed by atoms with Crippen LogP contribution in [0.15, 0.2) is 30.3 Å². The SMILES string of the molecule is CC(=O)C(C(=O)OC(C)(C)C)C(=O)[C@H]1CCCN1C(=O)OCc1ccccc1. The van der Waals surface area contributed by atoms with Crippen LogP contribution in [0.5, 0.6) is 0 Å². The Balaban J connectivity index is 2.08. The maximum atomic E-state index is 12.9. The van der Waals surface area contributed by atoms with Gasteiger partial charge in [0.25, 0.3) is 0 Å². The van der Waals surface area contributed by atoms with Gasteiger partial charge < -0.3 is 9.47 Å². The Morgan fingerprint density at radius 1 is 1.14 bits per heavy atom. The minimum atomic E-state index is -1.54. The summed E-state index contributed by atoms with van der Waals surface area (Å²) in [4.78, 5) is 51.1. The quantitative estimate of drug-likeness (QED) is 0.549. The van der Waals surface area contributed by atoms with Crippen molar-refractivity contribution in [2.75, 3.05) is 6.54 Å². The summed E-state index contributed by atoms with van der Waals surface area (Å²) in [5.74, 6) is -3.62. The summed E-state index contributed by atoms with van der Waals surface area (Å²) in [6.45, 7) is 6.59. The summed E-state index contributed by atoms with van der Waals surface area (Å²) in [5, 5.41) is 0. The molecule has 0 radical (unpaired) electrons. The van der Waals surface area contributed by atoms with Gasteiger partial charge in [-0.15, -0.1) is 0 Å². The van der Waals surface area contributed by atoms with E-state index in [-0.39, 0.29) is 6.61 Å². The van der Waals surface area contributed by atoms with Crippen LogP contribution in [0.3, 0.4) is 0 Å². The van der Waals surface area contributed by atoms with Gasteiger partial charge in [-0.25, -0.2) is 4.79 Å². The summed E-state index contributed by atoms with van der Waals surface area (Å²) in [6.07, 6.45) is 0.341. The molecule has 1 aromatic carbocycles. The van der Waals surface area contributed by atoms with E-state index >= 15 is 0 Å². The van der Waals surface area contributed by atoms with Crippen molar-refractivity contribution in [1.82, 2.24) is 4.90 Å². The average molecular weight is 389 g/mol. The van der Waals surface area contributed by atoms with Gasteiger partial charge in [-0.05, 0) is 46.1 Å². The number of esters is 1. The Morgan fingerprint density at radius 3 is 2.36 bits per heavy atom. The molecule has 0 aromatic heterocycles. The average Bonchev–Trinajstić information content (AvgIpc) is 3.08. The molecule has 1 saturated heterocycles. The normalized spacial score (nSPS) is 17.7. The summed E-state index contributed by atoms with van der Waals surface area (Å²) < 4.78 is 10.5. The molecule has 2 atom stereocenters. The van der Waals surface area contributed by atoms with Gasteiger partial charge in [-0.2, -0.15) is 0 Å². The molecule has 1 unspecified atom stereocenters. The summed E-state index contributed by atoms with van der Waals surface area (Å²) in [7, 11) is 0. The molecule has 0 aliphatic carbocycles. The maximum absolute atomic E-state index is 12.9. The lowest BCUT2D eigenvalue weighted by atomic mass is 9.93. The minimum absolute atomic E-state index is 0.0826. The largest absolute Gasteiger partial charge is 0.459 e. The molecular formula is C21H27NO6. The third-order valence-corrected chi connectivity index (χ3v) is 4.35. The van der Waals surface area contributed by atoms with E-state index in [1.165, 1.54) is 11.8 Å². The highest BCUT2D eigenvalue weighted by Gasteiger charge is 2.44. The zero-order valence-electron chi connectivity index (χ0n) is 16.8. The van der Waals surface area contributed by atoms with Crippen molar-refractivity contribution >= 4 is 23.6 Å². The Bertz CT molecular complexity index is 737. The van der Waals surface area contributed by atoms with Gasteiger partial charge in [0.2, 0.25) is 0 Å². The number of benzene rings is 1. The van der Waals surface area contributed by atoms with E-state index in [1.807, 2.05) is 30.3 Å². The van der Waals surface area contributed by atoms with E-state index in [9.17, 15) is 19.2 Å². The van der Waals surface area contributed by atoms with Crippen LogP contribution < -0.4 is 0 Å². The van der Waals surface area contributed by atoms with Gasteiger partial charge in [0.15, 0.2) is 17.5 Å². The third-order valence-electron chi connectivity index (χ3n) is 4.35. The molecule has 1 amide bonds. The number of ketones is 2. The Morgan fingerprint density at radius 2 is 1.79 bits per heavy atom. The van der Waals surface area contributed by atoms with Gasteiger partial charge in [0, 0.05) is 6.54 Å². The molecular weight excluding hydrogens is 362 g/mol. The zero-order chi connectivity index (χ0) is 20.9. The fourth-order valence-corrected chi connectivity index (χ4v) is 3.12. The Hall–Kier alpha value is -2.70. The molecule has 0 N–H and O–H groups in total. The van der Waals surface area contributed by atoms with Crippen molar-refractivity contribution in [3.63, 3.8) is 0 Å². The van der Waals surface area contributed by atoms with E-state index in [1.54, 1.807) is 20.8 Å². The van der Waals surface area contributed by atoms with Crippen molar-refractivity contribution in [3.8, 4) is 0 Å². The van der Waals surface area contributed by atoms with Crippen LogP contribution in [0.2, 0.25) is 0 Å². The second-order valence-electron chi connectivity index (χ2n) is 7.87. The van der Waals surface area contributed by atoms with Crippen molar-refractivity contribution in [1.29, 1.82) is 0 Å². The second-order valence-corrected chi connectivity index (χ2v) is 7.87. The molecule has 0 bridgehead atoms. The summed E-state index contributed by atoms with van der Waals surface area (Å²) >= 11 is 0. The Labute approximate surface area is 165 Å². The smallest absolute Gasteiger partial charge is 0.410 e. The fourth-order valence-electron chi connectivity index (χ4n) is 3.12. The molecule has 1 heterocycles. The number of hydrogen-bond donors (Lipinski definition) is 0. The lowest BCUT2D eigenvalue weighted by Gasteiger charge is -2.27. The first-order valence-corrected chi connectivity index (χ1v) is 9.34. The molecule has 1 aliphatic rings. The number of Topliss-reactive ketones (excluding diaryl/α,β-unsaturated/α-hetero) is 2. The van der Waals surface area contributed by atoms with Crippen LogP contribution in [0.25, 0.3) is 0 Å². The molecule has 7 heteroatoms. The van der Waals surface area contributed by atoms with Gasteiger partial charge in [-0.3, -0.25) is 19.3 Å². The molecule has 1 fully saturated rings. The predicted octanol–water partition coefficient (Wildman–Crippen LogP) is 2.90. The van der Waals surface area contributed by atoms with Crippen molar-refractivity contribution in [2.24, 2.45) is 5.92 Å². The number of hydrogen-bond acceptors (Lipinski definition) is 6. The van der Waals surface area contributed by atoms with E-state index < -0.39 is 41.2 Å². The number of rotatable bonds is 6. The molecule has 1 aliphatic heterocycles. The zero-order valence-corrected chi connectivity index (χ0v) is 16.8. The number of carbonyl (C=O) groups is 4. The van der Waals surface area contributed by atoms with E-state index in [0.29, 0.717) is 19.4 Å². The number of carbonyl (C=O) groups excluding carboxylic acids is 4. The Kier molecular flexibility index (Phi) is 6.94. The third kappa shape index (κ3) is 5.65. The first-order valence-electron chi connectivity index (χ1n) is 9.34. The highest BCUT2D eigenvalue weighted by Crippen LogP contribution is 2.24. The molecule has 2 rings (SSSR count). The summed E-state index contributed by atoms with van der Waals surface area (Å²) in [5.41, 5.74) is 0.00276. The predicted molar refractivity (Wildman–Crippen MR) is 101 cm³/mol. The fraction of sp³-hybridized carbons (Fsp3) is 0.524. The topological polar surface area (TPSA) is 90.0 Å². The van der Waals surface area contributed by atoms with Crippen LogP contribution in [-0.2, 0) is 30.5 Å². The van der Waals surface area contributed by atoms with Crippen molar-refractivity contribution < 1.29 is 28.7 Å². The number of nitrogens with zero attached hydrogens (tertiary/aromatic N) is 1. The van der Waals surface area contributed by atoms with Crippen molar-refractivity contribution in [2.45, 2.75) is 58.8 Å². The molecule has 0 saturated carbocycles. The lowest BCUT2D eigenvalue weighted by molar-refractivity contribution is -0.164. The van der Waals surface area contributed by atoms with Gasteiger partial charge in [0.1, 0.15) is 12.2 Å². The van der Waals surface area contributed by atoms with Crippen LogP contribution in [0.1, 0.15) is 46.1 Å². The number of amides is 1. The van der Waals surface area contributed by atoms with E-state index in [0.717, 1.165) is 5.56 Å². The second kappa shape index (κ2) is 8.99. The van der Waals surface area contributed by atoms with Crippen LogP contribution in [0.4, 0.5) is 4.79 Å². The van der Waals surface area contributed by atoms with Gasteiger partial charge >= 0.3 is 12.1 Å². The highest BCUT2D eigenvalue weighted by molar-refractivity contribution is 6.18. The molecule has 152 valence electrons. The molecule has 0 spiro atoms. The monoisotopic (exact) mass is 389 g/mol. The first kappa shape index (κ1) is 21.6. The van der Waals surface area contributed by atoms with Crippen LogP contribution >= 0.6 is 0 Å². The molecule has 28 heavy (non-hydrogen) atoms. The maximum Gasteiger partial charge on any atom is 0.410 e. The minimum Gasteiger partial charge on any atom is -0.459 e.